The minimum atomic E-state index is -3.86. The zero-order chi connectivity index (χ0) is 15.6. The van der Waals surface area contributed by atoms with Crippen LogP contribution in [0.4, 0.5) is 10.1 Å². The second kappa shape index (κ2) is 6.31. The zero-order valence-electron chi connectivity index (χ0n) is 10.5. The molecule has 0 aliphatic carbocycles. The Hall–Kier alpha value is -1.15. The monoisotopic (exact) mass is 393 g/mol. The van der Waals surface area contributed by atoms with Crippen LogP contribution in [0.3, 0.4) is 0 Å². The van der Waals surface area contributed by atoms with Crippen molar-refractivity contribution in [1.82, 2.24) is 0 Å². The molecule has 112 valence electrons. The first-order chi connectivity index (χ1) is 9.83. The summed E-state index contributed by atoms with van der Waals surface area (Å²) in [4.78, 5) is 0.000137. The third-order valence-electron chi connectivity index (χ3n) is 2.64. The number of halogens is 3. The molecule has 2 N–H and O–H groups in total. The predicted octanol–water partition coefficient (Wildman–Crippen LogP) is 3.53. The van der Waals surface area contributed by atoms with Crippen molar-refractivity contribution in [1.29, 1.82) is 0 Å². The fourth-order valence-corrected chi connectivity index (χ4v) is 3.99. The third-order valence-corrected chi connectivity index (χ3v) is 5.29. The number of benzene rings is 2. The Morgan fingerprint density at radius 1 is 1.24 bits per heavy atom. The van der Waals surface area contributed by atoms with Gasteiger partial charge in [-0.15, -0.1) is 0 Å². The van der Waals surface area contributed by atoms with E-state index in [9.17, 15) is 12.8 Å². The molecule has 21 heavy (non-hydrogen) atoms. The molecule has 0 radical (unpaired) electrons. The molecule has 0 saturated carbocycles. The van der Waals surface area contributed by atoms with Crippen molar-refractivity contribution in [3.8, 4) is 0 Å². The Bertz CT molecular complexity index is 783. The van der Waals surface area contributed by atoms with Crippen LogP contribution in [-0.4, -0.2) is 13.5 Å². The summed E-state index contributed by atoms with van der Waals surface area (Å²) in [5.74, 6) is -0.631. The van der Waals surface area contributed by atoms with Gasteiger partial charge in [-0.05, 0) is 51.8 Å². The summed E-state index contributed by atoms with van der Waals surface area (Å²) < 4.78 is 40.2. The van der Waals surface area contributed by atoms with Crippen LogP contribution in [0.2, 0.25) is 5.02 Å². The molecule has 0 atom stereocenters. The molecular weight excluding hydrogens is 385 g/mol. The summed E-state index contributed by atoms with van der Waals surface area (Å²) >= 11 is 8.76. The van der Waals surface area contributed by atoms with Gasteiger partial charge in [0.15, 0.2) is 0 Å². The molecule has 0 unspecified atom stereocenters. The van der Waals surface area contributed by atoms with E-state index in [1.807, 2.05) is 0 Å². The van der Waals surface area contributed by atoms with Gasteiger partial charge in [-0.1, -0.05) is 17.7 Å². The summed E-state index contributed by atoms with van der Waals surface area (Å²) in [6.45, 7) is -0.195. The Morgan fingerprint density at radius 3 is 2.52 bits per heavy atom. The lowest BCUT2D eigenvalue weighted by molar-refractivity contribution is 0.281. The zero-order valence-corrected chi connectivity index (χ0v) is 13.6. The highest BCUT2D eigenvalue weighted by Crippen LogP contribution is 2.27. The molecule has 0 amide bonds. The maximum atomic E-state index is 13.1. The number of hydrogen-bond donors (Lipinski definition) is 2. The molecule has 0 heterocycles. The van der Waals surface area contributed by atoms with E-state index >= 15 is 0 Å². The van der Waals surface area contributed by atoms with Gasteiger partial charge < -0.3 is 5.11 Å². The first-order valence-corrected chi connectivity index (χ1v) is 8.36. The highest BCUT2D eigenvalue weighted by atomic mass is 79.9. The van der Waals surface area contributed by atoms with Crippen LogP contribution in [0.25, 0.3) is 0 Å². The second-order valence-electron chi connectivity index (χ2n) is 4.16. The van der Waals surface area contributed by atoms with Crippen molar-refractivity contribution in [2.24, 2.45) is 0 Å². The molecule has 0 aliphatic rings. The highest BCUT2D eigenvalue weighted by Gasteiger charge is 2.18. The van der Waals surface area contributed by atoms with Gasteiger partial charge in [-0.3, -0.25) is 4.72 Å². The van der Waals surface area contributed by atoms with E-state index < -0.39 is 15.8 Å². The first-order valence-electron chi connectivity index (χ1n) is 5.70. The van der Waals surface area contributed by atoms with Crippen LogP contribution in [0.5, 0.6) is 0 Å². The van der Waals surface area contributed by atoms with Crippen molar-refractivity contribution in [2.75, 3.05) is 4.72 Å². The van der Waals surface area contributed by atoms with E-state index in [0.29, 0.717) is 10.0 Å². The molecule has 4 nitrogen and oxygen atoms in total. The van der Waals surface area contributed by atoms with E-state index in [2.05, 4.69) is 20.7 Å². The van der Waals surface area contributed by atoms with Crippen molar-refractivity contribution < 1.29 is 17.9 Å². The van der Waals surface area contributed by atoms with E-state index in [1.54, 1.807) is 0 Å². The minimum Gasteiger partial charge on any atom is -0.392 e. The summed E-state index contributed by atoms with van der Waals surface area (Å²) in [5, 5.41) is 8.84. The largest absolute Gasteiger partial charge is 0.392 e. The second-order valence-corrected chi connectivity index (χ2v) is 7.07. The van der Waals surface area contributed by atoms with Crippen LogP contribution in [-0.2, 0) is 16.6 Å². The van der Waals surface area contributed by atoms with Crippen LogP contribution in [0, 0.1) is 5.82 Å². The number of anilines is 1. The number of sulfonamides is 1. The molecule has 2 rings (SSSR count). The van der Waals surface area contributed by atoms with Crippen molar-refractivity contribution in [3.63, 3.8) is 0 Å². The molecule has 2 aromatic carbocycles. The number of aliphatic hydroxyl groups excluding tert-OH is 1. The van der Waals surface area contributed by atoms with Crippen molar-refractivity contribution >= 4 is 43.2 Å². The molecule has 0 aliphatic heterocycles. The average molecular weight is 395 g/mol. The molecule has 0 bridgehead atoms. The Balaban J connectivity index is 2.36. The Labute approximate surface area is 134 Å². The van der Waals surface area contributed by atoms with Gasteiger partial charge in [0.25, 0.3) is 10.0 Å². The van der Waals surface area contributed by atoms with Crippen LogP contribution < -0.4 is 4.72 Å². The van der Waals surface area contributed by atoms with Gasteiger partial charge in [0.1, 0.15) is 10.7 Å². The summed E-state index contributed by atoms with van der Waals surface area (Å²) in [6.07, 6.45) is 0. The molecular formula is C13H10BrClFNO3S. The van der Waals surface area contributed by atoms with E-state index in [1.165, 1.54) is 30.3 Å². The van der Waals surface area contributed by atoms with Crippen LogP contribution in [0.15, 0.2) is 45.8 Å². The Kier molecular flexibility index (Phi) is 4.88. The van der Waals surface area contributed by atoms with E-state index in [4.69, 9.17) is 16.7 Å². The number of aliphatic hydroxyl groups is 1. The van der Waals surface area contributed by atoms with Gasteiger partial charge in [-0.2, -0.15) is 0 Å². The minimum absolute atomic E-state index is 0.000137. The van der Waals surface area contributed by atoms with Gasteiger partial charge in [0, 0.05) is 4.47 Å². The molecule has 2 aromatic rings. The predicted molar refractivity (Wildman–Crippen MR) is 82.3 cm³/mol. The number of hydrogen-bond acceptors (Lipinski definition) is 3. The van der Waals surface area contributed by atoms with Crippen LogP contribution in [0.1, 0.15) is 5.56 Å². The smallest absolute Gasteiger partial charge is 0.263 e. The molecule has 8 heteroatoms. The summed E-state index contributed by atoms with van der Waals surface area (Å²) in [6, 6.07) is 7.90. The quantitative estimate of drug-likeness (QED) is 0.833. The third kappa shape index (κ3) is 3.74. The van der Waals surface area contributed by atoms with E-state index in [-0.39, 0.29) is 22.2 Å². The SMILES string of the molecule is O=S(=O)(Nc1ccc(F)c(Cl)c1)c1ccc(CO)cc1Br. The van der Waals surface area contributed by atoms with Crippen LogP contribution >= 0.6 is 27.5 Å². The van der Waals surface area contributed by atoms with Gasteiger partial charge in [0.05, 0.1) is 17.3 Å². The number of rotatable bonds is 4. The summed E-state index contributed by atoms with van der Waals surface area (Å²) in [5.41, 5.74) is 0.727. The first kappa shape index (κ1) is 16.2. The maximum Gasteiger partial charge on any atom is 0.263 e. The molecule has 0 spiro atoms. The van der Waals surface area contributed by atoms with Gasteiger partial charge >= 0.3 is 0 Å². The lowest BCUT2D eigenvalue weighted by atomic mass is 10.2. The molecule has 0 fully saturated rings. The molecule has 0 saturated heterocycles. The van der Waals surface area contributed by atoms with Gasteiger partial charge in [-0.25, -0.2) is 12.8 Å². The lowest BCUT2D eigenvalue weighted by Crippen LogP contribution is -2.13. The normalized spacial score (nSPS) is 11.4. The van der Waals surface area contributed by atoms with Crippen molar-refractivity contribution in [3.05, 3.63) is 57.3 Å². The standard InChI is InChI=1S/C13H10BrClFNO3S/c14-10-5-8(7-18)1-4-13(10)21(19,20)17-9-2-3-12(16)11(15)6-9/h1-6,17-18H,7H2. The fourth-order valence-electron chi connectivity index (χ4n) is 1.63. The Morgan fingerprint density at radius 2 is 1.95 bits per heavy atom. The topological polar surface area (TPSA) is 66.4 Å². The van der Waals surface area contributed by atoms with E-state index in [0.717, 1.165) is 6.07 Å². The number of nitrogens with one attached hydrogen (secondary N) is 1. The van der Waals surface area contributed by atoms with Gasteiger partial charge in [0.2, 0.25) is 0 Å². The maximum absolute atomic E-state index is 13.1. The fraction of sp³-hybridized carbons (Fsp3) is 0.0769. The summed E-state index contributed by atoms with van der Waals surface area (Å²) in [7, 11) is -3.86. The molecule has 0 aromatic heterocycles. The highest BCUT2D eigenvalue weighted by molar-refractivity contribution is 9.10. The lowest BCUT2D eigenvalue weighted by Gasteiger charge is -2.11. The average Bonchev–Trinajstić information content (AvgIpc) is 2.42. The van der Waals surface area contributed by atoms with Crippen molar-refractivity contribution in [2.45, 2.75) is 11.5 Å².